The zero-order chi connectivity index (χ0) is 25.2. The fourth-order valence-electron chi connectivity index (χ4n) is 4.17. The number of carbonyl (C=O) groups excluding carboxylic acids is 1. The van der Waals surface area contributed by atoms with Gasteiger partial charge in [0.15, 0.2) is 4.80 Å². The number of anilines is 1. The number of benzene rings is 3. The van der Waals surface area contributed by atoms with Crippen molar-refractivity contribution in [1.82, 2.24) is 4.57 Å². The lowest BCUT2D eigenvalue weighted by atomic mass is 9.95. The monoisotopic (exact) mass is 515 g/mol. The van der Waals surface area contributed by atoms with E-state index in [2.05, 4.69) is 10.3 Å². The second-order valence-electron chi connectivity index (χ2n) is 8.20. The Balaban J connectivity index is 1.68. The molecule has 6 nitrogen and oxygen atoms in total. The van der Waals surface area contributed by atoms with Crippen molar-refractivity contribution < 1.29 is 9.53 Å². The van der Waals surface area contributed by atoms with Gasteiger partial charge in [0.2, 0.25) is 0 Å². The van der Waals surface area contributed by atoms with Crippen LogP contribution in [0.5, 0.6) is 5.75 Å². The van der Waals surface area contributed by atoms with Crippen molar-refractivity contribution in [3.63, 3.8) is 0 Å². The van der Waals surface area contributed by atoms with Crippen molar-refractivity contribution in [1.29, 1.82) is 0 Å². The number of thiazole rings is 1. The van der Waals surface area contributed by atoms with Gasteiger partial charge in [-0.25, -0.2) is 4.99 Å². The molecule has 0 bridgehead atoms. The first-order chi connectivity index (χ1) is 17.5. The van der Waals surface area contributed by atoms with Crippen LogP contribution in [-0.2, 0) is 4.79 Å². The molecule has 0 radical (unpaired) electrons. The molecule has 1 aromatic heterocycles. The van der Waals surface area contributed by atoms with Gasteiger partial charge in [0.05, 0.1) is 29.0 Å². The average Bonchev–Trinajstić information content (AvgIpc) is 3.19. The van der Waals surface area contributed by atoms with E-state index in [-0.39, 0.29) is 11.5 Å². The molecule has 36 heavy (non-hydrogen) atoms. The molecule has 1 aliphatic heterocycles. The number of amides is 1. The van der Waals surface area contributed by atoms with Crippen LogP contribution in [-0.4, -0.2) is 17.6 Å². The first-order valence-electron chi connectivity index (χ1n) is 11.2. The molecule has 1 atom stereocenters. The highest BCUT2D eigenvalue weighted by molar-refractivity contribution is 7.07. The Hall–Kier alpha value is -3.94. The number of rotatable bonds is 5. The van der Waals surface area contributed by atoms with Crippen molar-refractivity contribution in [2.45, 2.75) is 13.0 Å². The van der Waals surface area contributed by atoms with Crippen LogP contribution in [0.2, 0.25) is 5.02 Å². The van der Waals surface area contributed by atoms with Gasteiger partial charge in [-0.2, -0.15) is 0 Å². The first-order valence-corrected chi connectivity index (χ1v) is 12.4. The lowest BCUT2D eigenvalue weighted by molar-refractivity contribution is -0.113. The number of nitrogens with zero attached hydrogens (tertiary/aromatic N) is 2. The zero-order valence-electron chi connectivity index (χ0n) is 19.6. The van der Waals surface area contributed by atoms with Crippen LogP contribution in [0, 0.1) is 0 Å². The lowest BCUT2D eigenvalue weighted by Crippen LogP contribution is -2.40. The summed E-state index contributed by atoms with van der Waals surface area (Å²) < 4.78 is 7.38. The molecule has 1 unspecified atom stereocenters. The molecule has 0 spiro atoms. The third-order valence-electron chi connectivity index (χ3n) is 5.92. The maximum absolute atomic E-state index is 13.7. The maximum Gasteiger partial charge on any atom is 0.271 e. The van der Waals surface area contributed by atoms with Crippen LogP contribution in [0.3, 0.4) is 0 Å². The molecule has 0 saturated carbocycles. The van der Waals surface area contributed by atoms with Crippen molar-refractivity contribution in [3.05, 3.63) is 126 Å². The summed E-state index contributed by atoms with van der Waals surface area (Å²) >= 11 is 7.61. The largest absolute Gasteiger partial charge is 0.497 e. The summed E-state index contributed by atoms with van der Waals surface area (Å²) in [6, 6.07) is 23.2. The van der Waals surface area contributed by atoms with Gasteiger partial charge in [0, 0.05) is 10.7 Å². The molecule has 0 saturated heterocycles. The number of methoxy groups -OCH3 is 1. The van der Waals surface area contributed by atoms with E-state index < -0.39 is 6.04 Å². The minimum atomic E-state index is -0.663. The SMILES string of the molecule is COc1ccc(C2C(C(=O)Nc3ccccc3)=C(C)N=c3s/c(=C/c4ccccc4Cl)c(=O)n32)cc1. The van der Waals surface area contributed by atoms with E-state index >= 15 is 0 Å². The molecule has 1 aliphatic rings. The van der Waals surface area contributed by atoms with Gasteiger partial charge >= 0.3 is 0 Å². The highest BCUT2D eigenvalue weighted by Crippen LogP contribution is 2.31. The minimum absolute atomic E-state index is 0.239. The van der Waals surface area contributed by atoms with Crippen molar-refractivity contribution in [2.75, 3.05) is 12.4 Å². The summed E-state index contributed by atoms with van der Waals surface area (Å²) in [4.78, 5) is 32.5. The molecule has 180 valence electrons. The van der Waals surface area contributed by atoms with E-state index in [0.29, 0.717) is 37.1 Å². The van der Waals surface area contributed by atoms with E-state index in [9.17, 15) is 9.59 Å². The van der Waals surface area contributed by atoms with E-state index in [1.807, 2.05) is 72.8 Å². The quantitative estimate of drug-likeness (QED) is 0.424. The molecular formula is C28H22ClN3O3S. The van der Waals surface area contributed by atoms with E-state index in [1.54, 1.807) is 30.7 Å². The second-order valence-corrected chi connectivity index (χ2v) is 9.61. The number of hydrogen-bond acceptors (Lipinski definition) is 5. The number of halogens is 1. The van der Waals surface area contributed by atoms with Gasteiger partial charge in [-0.1, -0.05) is 71.5 Å². The maximum atomic E-state index is 13.7. The fraction of sp³-hybridized carbons (Fsp3) is 0.107. The lowest BCUT2D eigenvalue weighted by Gasteiger charge is -2.25. The Labute approximate surface area is 216 Å². The van der Waals surface area contributed by atoms with Crippen molar-refractivity contribution in [2.24, 2.45) is 4.99 Å². The molecule has 3 aromatic carbocycles. The molecule has 2 heterocycles. The summed E-state index contributed by atoms with van der Waals surface area (Å²) in [6.45, 7) is 1.79. The van der Waals surface area contributed by atoms with Crippen LogP contribution in [0.4, 0.5) is 5.69 Å². The van der Waals surface area contributed by atoms with Crippen LogP contribution < -0.4 is 24.9 Å². The number of para-hydroxylation sites is 1. The minimum Gasteiger partial charge on any atom is -0.497 e. The van der Waals surface area contributed by atoms with Gasteiger partial charge < -0.3 is 10.1 Å². The third-order valence-corrected chi connectivity index (χ3v) is 7.25. The Bertz CT molecular complexity index is 1650. The van der Waals surface area contributed by atoms with Gasteiger partial charge in [-0.15, -0.1) is 0 Å². The van der Waals surface area contributed by atoms with Crippen LogP contribution >= 0.6 is 22.9 Å². The van der Waals surface area contributed by atoms with Gasteiger partial charge in [-0.05, 0) is 54.5 Å². The summed E-state index contributed by atoms with van der Waals surface area (Å²) in [5.41, 5.74) is 2.89. The molecule has 5 rings (SSSR count). The predicted octanol–water partition coefficient (Wildman–Crippen LogP) is 4.54. The molecule has 4 aromatic rings. The Morgan fingerprint density at radius 3 is 2.44 bits per heavy atom. The Kier molecular flexibility index (Phi) is 6.59. The molecule has 1 N–H and O–H groups in total. The average molecular weight is 516 g/mol. The third kappa shape index (κ3) is 4.51. The highest BCUT2D eigenvalue weighted by Gasteiger charge is 2.32. The zero-order valence-corrected chi connectivity index (χ0v) is 21.1. The number of ether oxygens (including phenoxy) is 1. The summed E-state index contributed by atoms with van der Waals surface area (Å²) in [5, 5.41) is 3.50. The number of carbonyl (C=O) groups is 1. The van der Waals surface area contributed by atoms with E-state index in [0.717, 1.165) is 11.1 Å². The Morgan fingerprint density at radius 1 is 1.06 bits per heavy atom. The Morgan fingerprint density at radius 2 is 1.75 bits per heavy atom. The normalized spacial score (nSPS) is 15.3. The molecule has 0 fully saturated rings. The number of aromatic nitrogens is 1. The predicted molar refractivity (Wildman–Crippen MR) is 143 cm³/mol. The van der Waals surface area contributed by atoms with Gasteiger partial charge in [0.1, 0.15) is 5.75 Å². The summed E-state index contributed by atoms with van der Waals surface area (Å²) in [7, 11) is 1.59. The number of fused-ring (bicyclic) bond motifs is 1. The molecule has 1 amide bonds. The number of nitrogens with one attached hydrogen (secondary N) is 1. The summed E-state index contributed by atoms with van der Waals surface area (Å²) in [5.74, 6) is 0.365. The van der Waals surface area contributed by atoms with Crippen LogP contribution in [0.15, 0.2) is 99.9 Å². The van der Waals surface area contributed by atoms with Crippen LogP contribution in [0.25, 0.3) is 6.08 Å². The van der Waals surface area contributed by atoms with Gasteiger partial charge in [-0.3, -0.25) is 14.2 Å². The molecule has 8 heteroatoms. The van der Waals surface area contributed by atoms with E-state index in [1.165, 1.54) is 11.3 Å². The first kappa shape index (κ1) is 23.8. The molecular weight excluding hydrogens is 494 g/mol. The van der Waals surface area contributed by atoms with Crippen molar-refractivity contribution >= 4 is 40.6 Å². The number of hydrogen-bond donors (Lipinski definition) is 1. The topological polar surface area (TPSA) is 72.7 Å². The molecule has 0 aliphatic carbocycles. The fourth-order valence-corrected chi connectivity index (χ4v) is 5.39. The van der Waals surface area contributed by atoms with Gasteiger partial charge in [0.25, 0.3) is 11.5 Å². The standard InChI is InChI=1S/C28H22ClN3O3S/c1-17-24(26(33)31-20-9-4-3-5-10-20)25(18-12-14-21(35-2)15-13-18)32-27(34)23(36-28(32)30-17)16-19-8-6-7-11-22(19)29/h3-16,25H,1-2H3,(H,31,33)/b23-16+. The second kappa shape index (κ2) is 9.97. The summed E-state index contributed by atoms with van der Waals surface area (Å²) in [6.07, 6.45) is 1.76. The van der Waals surface area contributed by atoms with Crippen molar-refractivity contribution in [3.8, 4) is 5.75 Å². The number of allylic oxidation sites excluding steroid dienone is 1. The smallest absolute Gasteiger partial charge is 0.271 e. The van der Waals surface area contributed by atoms with Crippen LogP contribution in [0.1, 0.15) is 24.1 Å². The highest BCUT2D eigenvalue weighted by atomic mass is 35.5. The van der Waals surface area contributed by atoms with E-state index in [4.69, 9.17) is 16.3 Å².